The fourth-order valence-corrected chi connectivity index (χ4v) is 2.81. The zero-order chi connectivity index (χ0) is 12.5. The van der Waals surface area contributed by atoms with Crippen molar-refractivity contribution in [1.29, 1.82) is 0 Å². The van der Waals surface area contributed by atoms with Gasteiger partial charge in [-0.3, -0.25) is 0 Å². The molecule has 2 nitrogen and oxygen atoms in total. The van der Waals surface area contributed by atoms with E-state index >= 15 is 0 Å². The highest BCUT2D eigenvalue weighted by Gasteiger charge is 2.03. The Kier molecular flexibility index (Phi) is 2.76. The molecule has 3 rings (SSSR count). The number of nitrogens with zero attached hydrogens (tertiary/aromatic N) is 1. The van der Waals surface area contributed by atoms with E-state index in [2.05, 4.69) is 35.3 Å². The lowest BCUT2D eigenvalue weighted by molar-refractivity contribution is 0.415. The second-order valence-electron chi connectivity index (χ2n) is 4.14. The van der Waals surface area contributed by atoms with Crippen molar-refractivity contribution in [2.24, 2.45) is 0 Å². The first kappa shape index (κ1) is 11.2. The van der Waals surface area contributed by atoms with Gasteiger partial charge in [-0.2, -0.15) is 0 Å². The summed E-state index contributed by atoms with van der Waals surface area (Å²) in [6, 6.07) is 14.5. The van der Waals surface area contributed by atoms with Crippen molar-refractivity contribution in [3.05, 3.63) is 47.5 Å². The Bertz CT molecular complexity index is 685. The molecule has 1 aromatic heterocycles. The molecule has 0 aliphatic rings. The van der Waals surface area contributed by atoms with Gasteiger partial charge in [-0.25, -0.2) is 4.98 Å². The lowest BCUT2D eigenvalue weighted by Crippen LogP contribution is -1.82. The predicted octanol–water partition coefficient (Wildman–Crippen LogP) is 4.28. The molecule has 0 N–H and O–H groups in total. The van der Waals surface area contributed by atoms with Crippen molar-refractivity contribution in [1.82, 2.24) is 4.98 Å². The number of aromatic nitrogens is 1. The minimum absolute atomic E-state index is 0.879. The van der Waals surface area contributed by atoms with Gasteiger partial charge >= 0.3 is 0 Å². The van der Waals surface area contributed by atoms with Crippen LogP contribution in [0.15, 0.2) is 42.5 Å². The molecule has 3 heteroatoms. The summed E-state index contributed by atoms with van der Waals surface area (Å²) in [5.74, 6) is 0.879. The van der Waals surface area contributed by atoms with Crippen molar-refractivity contribution in [3.8, 4) is 16.9 Å². The molecule has 90 valence electrons. The second kappa shape index (κ2) is 4.42. The Morgan fingerprint density at radius 1 is 1.00 bits per heavy atom. The Morgan fingerprint density at radius 3 is 2.44 bits per heavy atom. The Labute approximate surface area is 110 Å². The van der Waals surface area contributed by atoms with Crippen LogP contribution in [0.5, 0.6) is 5.75 Å². The van der Waals surface area contributed by atoms with Crippen LogP contribution in [0.4, 0.5) is 0 Å². The van der Waals surface area contributed by atoms with E-state index in [4.69, 9.17) is 4.74 Å². The van der Waals surface area contributed by atoms with E-state index in [0.717, 1.165) is 16.3 Å². The van der Waals surface area contributed by atoms with E-state index in [9.17, 15) is 0 Å². The third kappa shape index (κ3) is 1.97. The van der Waals surface area contributed by atoms with Crippen LogP contribution in [0, 0.1) is 6.92 Å². The summed E-state index contributed by atoms with van der Waals surface area (Å²) in [6.07, 6.45) is 0. The average molecular weight is 255 g/mol. The van der Waals surface area contributed by atoms with E-state index in [1.807, 2.05) is 19.1 Å². The molecule has 1 heterocycles. The first-order chi connectivity index (χ1) is 8.76. The minimum Gasteiger partial charge on any atom is -0.497 e. The van der Waals surface area contributed by atoms with Gasteiger partial charge in [0.05, 0.1) is 22.3 Å². The van der Waals surface area contributed by atoms with Crippen LogP contribution < -0.4 is 4.74 Å². The van der Waals surface area contributed by atoms with Gasteiger partial charge in [0, 0.05) is 0 Å². The molecule has 2 aromatic carbocycles. The van der Waals surface area contributed by atoms with E-state index < -0.39 is 0 Å². The zero-order valence-corrected chi connectivity index (χ0v) is 11.1. The van der Waals surface area contributed by atoms with Crippen molar-refractivity contribution < 1.29 is 4.74 Å². The molecular formula is C15H13NOS. The normalized spacial score (nSPS) is 10.8. The fourth-order valence-electron chi connectivity index (χ4n) is 2.01. The van der Waals surface area contributed by atoms with Crippen molar-refractivity contribution >= 4 is 21.6 Å². The largest absolute Gasteiger partial charge is 0.497 e. The van der Waals surface area contributed by atoms with Gasteiger partial charge < -0.3 is 4.74 Å². The number of thiazole rings is 1. The molecule has 0 spiro atoms. The summed E-state index contributed by atoms with van der Waals surface area (Å²) in [5, 5.41) is 1.11. The number of methoxy groups -OCH3 is 1. The highest BCUT2D eigenvalue weighted by molar-refractivity contribution is 7.18. The molecule has 0 atom stereocenters. The third-order valence-electron chi connectivity index (χ3n) is 2.92. The van der Waals surface area contributed by atoms with Gasteiger partial charge in [0.15, 0.2) is 0 Å². The maximum absolute atomic E-state index is 5.17. The summed E-state index contributed by atoms with van der Waals surface area (Å²) in [5.41, 5.74) is 3.45. The summed E-state index contributed by atoms with van der Waals surface area (Å²) in [7, 11) is 1.68. The summed E-state index contributed by atoms with van der Waals surface area (Å²) in [4.78, 5) is 4.53. The van der Waals surface area contributed by atoms with Crippen molar-refractivity contribution in [3.63, 3.8) is 0 Å². The highest BCUT2D eigenvalue weighted by Crippen LogP contribution is 2.28. The number of ether oxygens (including phenoxy) is 1. The lowest BCUT2D eigenvalue weighted by atomic mass is 10.1. The molecular weight excluding hydrogens is 242 g/mol. The zero-order valence-electron chi connectivity index (χ0n) is 10.3. The third-order valence-corrected chi connectivity index (χ3v) is 3.87. The SMILES string of the molecule is COc1ccc(-c2ccc3sc(C)nc3c2)cc1. The van der Waals surface area contributed by atoms with Crippen LogP contribution in [0.1, 0.15) is 5.01 Å². The Hall–Kier alpha value is -1.87. The van der Waals surface area contributed by atoms with E-state index in [0.29, 0.717) is 0 Å². The Balaban J connectivity index is 2.06. The molecule has 0 saturated carbocycles. The number of benzene rings is 2. The lowest BCUT2D eigenvalue weighted by Gasteiger charge is -2.03. The summed E-state index contributed by atoms with van der Waals surface area (Å²) in [6.45, 7) is 2.04. The van der Waals surface area contributed by atoms with Gasteiger partial charge in [0.25, 0.3) is 0 Å². The maximum Gasteiger partial charge on any atom is 0.118 e. The van der Waals surface area contributed by atoms with Crippen LogP contribution in [-0.4, -0.2) is 12.1 Å². The van der Waals surface area contributed by atoms with E-state index in [1.165, 1.54) is 15.8 Å². The molecule has 0 bridgehead atoms. The molecule has 0 aliphatic heterocycles. The number of aryl methyl sites for hydroxylation is 1. The van der Waals surface area contributed by atoms with Gasteiger partial charge in [-0.15, -0.1) is 11.3 Å². The Morgan fingerprint density at radius 2 is 1.72 bits per heavy atom. The number of rotatable bonds is 2. The monoisotopic (exact) mass is 255 g/mol. The number of fused-ring (bicyclic) bond motifs is 1. The molecule has 0 fully saturated rings. The van der Waals surface area contributed by atoms with Crippen LogP contribution in [0.25, 0.3) is 21.3 Å². The van der Waals surface area contributed by atoms with Crippen LogP contribution >= 0.6 is 11.3 Å². The standard InChI is InChI=1S/C15H13NOS/c1-10-16-14-9-12(5-8-15(14)18-10)11-3-6-13(17-2)7-4-11/h3-9H,1-2H3. The predicted molar refractivity (Wildman–Crippen MR) is 76.3 cm³/mol. The topological polar surface area (TPSA) is 22.1 Å². The molecule has 0 aliphatic carbocycles. The smallest absolute Gasteiger partial charge is 0.118 e. The summed E-state index contributed by atoms with van der Waals surface area (Å²) >= 11 is 1.73. The van der Waals surface area contributed by atoms with Crippen molar-refractivity contribution in [2.75, 3.05) is 7.11 Å². The van der Waals surface area contributed by atoms with Gasteiger partial charge in [-0.1, -0.05) is 18.2 Å². The van der Waals surface area contributed by atoms with E-state index in [1.54, 1.807) is 18.4 Å². The van der Waals surface area contributed by atoms with Gasteiger partial charge in [0.2, 0.25) is 0 Å². The van der Waals surface area contributed by atoms with Gasteiger partial charge in [-0.05, 0) is 42.3 Å². The average Bonchev–Trinajstić information content (AvgIpc) is 2.78. The second-order valence-corrected chi connectivity index (χ2v) is 5.38. The quantitative estimate of drug-likeness (QED) is 0.682. The molecule has 3 aromatic rings. The highest BCUT2D eigenvalue weighted by atomic mass is 32.1. The van der Waals surface area contributed by atoms with Gasteiger partial charge in [0.1, 0.15) is 5.75 Å². The molecule has 0 amide bonds. The molecule has 0 saturated heterocycles. The van der Waals surface area contributed by atoms with E-state index in [-0.39, 0.29) is 0 Å². The van der Waals surface area contributed by atoms with Crippen molar-refractivity contribution in [2.45, 2.75) is 6.92 Å². The first-order valence-corrected chi connectivity index (χ1v) is 6.59. The van der Waals surface area contributed by atoms with Crippen LogP contribution in [0.2, 0.25) is 0 Å². The molecule has 0 unspecified atom stereocenters. The first-order valence-electron chi connectivity index (χ1n) is 5.78. The molecule has 18 heavy (non-hydrogen) atoms. The minimum atomic E-state index is 0.879. The maximum atomic E-state index is 5.17. The van der Waals surface area contributed by atoms with Crippen LogP contribution in [0.3, 0.4) is 0 Å². The number of hydrogen-bond donors (Lipinski definition) is 0. The number of hydrogen-bond acceptors (Lipinski definition) is 3. The molecule has 0 radical (unpaired) electrons. The van der Waals surface area contributed by atoms with Crippen LogP contribution in [-0.2, 0) is 0 Å². The summed E-state index contributed by atoms with van der Waals surface area (Å²) < 4.78 is 6.41. The fraction of sp³-hybridized carbons (Fsp3) is 0.133.